The minimum Gasteiger partial charge on any atom is -0.484 e. The molecule has 0 aliphatic carbocycles. The van der Waals surface area contributed by atoms with Crippen molar-refractivity contribution in [2.45, 2.75) is 26.3 Å². The highest BCUT2D eigenvalue weighted by Crippen LogP contribution is 2.24. The van der Waals surface area contributed by atoms with Gasteiger partial charge >= 0.3 is 5.97 Å². The molecule has 0 spiro atoms. The van der Waals surface area contributed by atoms with Crippen LogP contribution in [0.3, 0.4) is 0 Å². The molecule has 5 rings (SSSR count). The Bertz CT molecular complexity index is 2280. The van der Waals surface area contributed by atoms with E-state index in [2.05, 4.69) is 41.4 Å². The number of carbonyl (C=O) groups is 5. The van der Waals surface area contributed by atoms with Crippen molar-refractivity contribution in [1.29, 1.82) is 0 Å². The van der Waals surface area contributed by atoms with Crippen molar-refractivity contribution < 1.29 is 56.8 Å². The second-order valence-electron chi connectivity index (χ2n) is 14.5. The first-order valence-electron chi connectivity index (χ1n) is 21.4. The fourth-order valence-electron chi connectivity index (χ4n) is 6.18. The molecule has 0 aliphatic rings. The lowest BCUT2D eigenvalue weighted by molar-refractivity contribution is -0.142. The van der Waals surface area contributed by atoms with Gasteiger partial charge < -0.3 is 59.8 Å². The van der Waals surface area contributed by atoms with Crippen LogP contribution in [0.4, 0.5) is 5.95 Å². The number of esters is 1. The van der Waals surface area contributed by atoms with Crippen LogP contribution < -0.4 is 31.7 Å². The Hall–Kier alpha value is -6.73. The molecule has 4 aromatic heterocycles. The van der Waals surface area contributed by atoms with Crippen molar-refractivity contribution >= 4 is 52.2 Å². The number of amides is 4. The van der Waals surface area contributed by atoms with Crippen molar-refractivity contribution in [3.63, 3.8) is 0 Å². The molecule has 0 unspecified atom stereocenters. The lowest BCUT2D eigenvalue weighted by Crippen LogP contribution is -2.46. The maximum Gasteiger partial charge on any atom is 0.319 e. The van der Waals surface area contributed by atoms with E-state index >= 15 is 0 Å². The van der Waals surface area contributed by atoms with Gasteiger partial charge in [-0.25, -0.2) is 9.67 Å². The topological polar surface area (TPSA) is 292 Å². The highest BCUT2D eigenvalue weighted by Gasteiger charge is 2.19. The Morgan fingerprint density at radius 2 is 1.35 bits per heavy atom. The van der Waals surface area contributed by atoms with Crippen molar-refractivity contribution in [1.82, 2.24) is 55.5 Å². The van der Waals surface area contributed by atoms with E-state index in [-0.39, 0.29) is 96.7 Å². The first-order chi connectivity index (χ1) is 32.1. The van der Waals surface area contributed by atoms with E-state index in [0.29, 0.717) is 61.5 Å². The SMILES string of the molecule is COC(=O)CN(CC(=O)NCCOCCOCCNC(C)=O)CC(=O)NCCOCCOCCNC(=O)COc1ccc(CCCn2ncc3c2nc(N)n2nc(-c4ccco4)nc32)cc1. The van der Waals surface area contributed by atoms with E-state index < -0.39 is 17.8 Å². The Kier molecular flexibility index (Phi) is 21.0. The number of rotatable bonds is 32. The van der Waals surface area contributed by atoms with E-state index in [1.807, 2.05) is 24.3 Å². The minimum absolute atomic E-state index is 0.128. The zero-order valence-electron chi connectivity index (χ0n) is 37.2. The van der Waals surface area contributed by atoms with Gasteiger partial charge in [0.2, 0.25) is 29.5 Å². The number of nitrogens with zero attached hydrogens (tertiary/aromatic N) is 7. The van der Waals surface area contributed by atoms with Gasteiger partial charge in [0.25, 0.3) is 5.91 Å². The molecule has 0 saturated heterocycles. The molecule has 5 aromatic rings. The Morgan fingerprint density at radius 1 is 0.742 bits per heavy atom. The molecule has 24 heteroatoms. The predicted octanol–water partition coefficient (Wildman–Crippen LogP) is -0.646. The monoisotopic (exact) mass is 922 g/mol. The maximum atomic E-state index is 12.5. The summed E-state index contributed by atoms with van der Waals surface area (Å²) < 4.78 is 40.8. The summed E-state index contributed by atoms with van der Waals surface area (Å²) in [7, 11) is 1.22. The van der Waals surface area contributed by atoms with Crippen molar-refractivity contribution in [3.05, 3.63) is 54.4 Å². The van der Waals surface area contributed by atoms with Gasteiger partial charge in [-0.3, -0.25) is 28.9 Å². The van der Waals surface area contributed by atoms with E-state index in [1.165, 1.54) is 23.4 Å². The first kappa shape index (κ1) is 50.3. The predicted molar refractivity (Wildman–Crippen MR) is 236 cm³/mol. The molecule has 0 fully saturated rings. The number of fused-ring (bicyclic) bond motifs is 3. The molecule has 4 heterocycles. The number of carbonyl (C=O) groups excluding carboxylic acids is 5. The third-order valence-electron chi connectivity index (χ3n) is 9.35. The van der Waals surface area contributed by atoms with Gasteiger partial charge in [-0.15, -0.1) is 5.10 Å². The van der Waals surface area contributed by atoms with Crippen LogP contribution in [0.1, 0.15) is 18.9 Å². The molecule has 358 valence electrons. The molecule has 0 saturated carbocycles. The van der Waals surface area contributed by atoms with Crippen LogP contribution in [-0.4, -0.2) is 176 Å². The molecule has 0 radical (unpaired) electrons. The smallest absolute Gasteiger partial charge is 0.319 e. The number of anilines is 1. The molecule has 0 atom stereocenters. The van der Waals surface area contributed by atoms with E-state index in [0.717, 1.165) is 23.8 Å². The van der Waals surface area contributed by atoms with Crippen LogP contribution in [0.15, 0.2) is 53.3 Å². The van der Waals surface area contributed by atoms with Gasteiger partial charge in [-0.1, -0.05) is 12.1 Å². The number of benzene rings is 1. The number of nitrogens with two attached hydrogens (primary N) is 1. The second-order valence-corrected chi connectivity index (χ2v) is 14.5. The number of methoxy groups -OCH3 is 1. The van der Waals surface area contributed by atoms with Crippen LogP contribution in [0.5, 0.6) is 5.75 Å². The number of ether oxygens (including phenoxy) is 6. The molecule has 66 heavy (non-hydrogen) atoms. The molecular formula is C42H58N12O12. The summed E-state index contributed by atoms with van der Waals surface area (Å²) >= 11 is 0. The number of hydrogen-bond acceptors (Lipinski definition) is 18. The summed E-state index contributed by atoms with van der Waals surface area (Å²) in [4.78, 5) is 70.4. The van der Waals surface area contributed by atoms with Crippen molar-refractivity contribution in [3.8, 4) is 17.3 Å². The third-order valence-corrected chi connectivity index (χ3v) is 9.35. The summed E-state index contributed by atoms with van der Waals surface area (Å²) in [6, 6.07) is 11.1. The van der Waals surface area contributed by atoms with Crippen molar-refractivity contribution in [2.75, 3.05) is 118 Å². The number of nitrogen functional groups attached to an aromatic ring is 1. The molecule has 1 aromatic carbocycles. The van der Waals surface area contributed by atoms with Crippen LogP contribution in [-0.2, 0) is 60.6 Å². The summed E-state index contributed by atoms with van der Waals surface area (Å²) in [5, 5.41) is 20.4. The van der Waals surface area contributed by atoms with Gasteiger partial charge in [0.1, 0.15) is 5.75 Å². The summed E-state index contributed by atoms with van der Waals surface area (Å²) in [6.07, 6.45) is 4.83. The first-order valence-corrected chi connectivity index (χ1v) is 21.4. The molecule has 0 aliphatic heterocycles. The van der Waals surface area contributed by atoms with Gasteiger partial charge in [-0.2, -0.15) is 14.6 Å². The van der Waals surface area contributed by atoms with E-state index in [9.17, 15) is 24.0 Å². The fourth-order valence-corrected chi connectivity index (χ4v) is 6.18. The van der Waals surface area contributed by atoms with Crippen LogP contribution in [0.2, 0.25) is 0 Å². The summed E-state index contributed by atoms with van der Waals surface area (Å²) in [5.41, 5.74) is 8.47. The molecule has 0 bridgehead atoms. The average Bonchev–Trinajstić information content (AvgIpc) is 4.09. The van der Waals surface area contributed by atoms with E-state index in [1.54, 1.807) is 29.3 Å². The molecule has 6 N–H and O–H groups in total. The van der Waals surface area contributed by atoms with Gasteiger partial charge in [0.15, 0.2) is 23.7 Å². The van der Waals surface area contributed by atoms with Gasteiger partial charge in [0, 0.05) is 39.6 Å². The van der Waals surface area contributed by atoms with Crippen LogP contribution >= 0.6 is 0 Å². The van der Waals surface area contributed by atoms with Gasteiger partial charge in [0.05, 0.1) is 97.4 Å². The number of nitrogens with one attached hydrogen (secondary N) is 4. The van der Waals surface area contributed by atoms with Crippen LogP contribution in [0, 0.1) is 0 Å². The average molecular weight is 923 g/mol. The number of furan rings is 1. The second kappa shape index (κ2) is 27.6. The maximum absolute atomic E-state index is 12.5. The number of aromatic nitrogens is 6. The molecular weight excluding hydrogens is 865 g/mol. The van der Waals surface area contributed by atoms with Crippen molar-refractivity contribution in [2.24, 2.45) is 0 Å². The van der Waals surface area contributed by atoms with Gasteiger partial charge in [-0.05, 0) is 42.7 Å². The molecule has 24 nitrogen and oxygen atoms in total. The summed E-state index contributed by atoms with van der Waals surface area (Å²) in [6.45, 7) is 4.61. The zero-order chi connectivity index (χ0) is 46.9. The summed E-state index contributed by atoms with van der Waals surface area (Å²) in [5.74, 6) is -0.106. The Labute approximate surface area is 380 Å². The molecule has 4 amide bonds. The third kappa shape index (κ3) is 17.3. The quantitative estimate of drug-likeness (QED) is 0.0265. The fraction of sp³-hybridized carbons (Fsp3) is 0.500. The minimum atomic E-state index is -0.594. The lowest BCUT2D eigenvalue weighted by atomic mass is 10.1. The Morgan fingerprint density at radius 3 is 1.92 bits per heavy atom. The largest absolute Gasteiger partial charge is 0.484 e. The lowest BCUT2D eigenvalue weighted by Gasteiger charge is -2.20. The van der Waals surface area contributed by atoms with E-state index in [4.69, 9.17) is 38.6 Å². The van der Waals surface area contributed by atoms with Crippen LogP contribution in [0.25, 0.3) is 28.3 Å². The number of hydrogen-bond donors (Lipinski definition) is 5. The highest BCUT2D eigenvalue weighted by atomic mass is 16.5. The highest BCUT2D eigenvalue weighted by molar-refractivity contribution is 5.90. The zero-order valence-corrected chi connectivity index (χ0v) is 37.2. The Balaban J connectivity index is 0.855. The number of aryl methyl sites for hydroxylation is 2. The normalized spacial score (nSPS) is 11.3. The standard InChI is InChI=1S/C42H58N12O12/c1-30(55)44-11-17-61-21-22-62-18-12-45-35(56)26-52(28-38(59)60-2)27-36(57)46-13-19-63-23-24-64-20-14-47-37(58)29-66-32-9-7-31(8-10-32)5-3-15-53-40-33(25-48-53)41-49-39(34-6-4-16-65-34)51-54(41)42(43)50-40/h4,6-10,16,25H,3,5,11-15,17-24,26-29H2,1-2H3,(H2,43,50)(H,44,55)(H,45,56)(H,46,57)(H,47,58).